The maximum atomic E-state index is 9.77. The second-order valence-electron chi connectivity index (χ2n) is 4.40. The van der Waals surface area contributed by atoms with E-state index in [-0.39, 0.29) is 6.61 Å². The molecule has 0 saturated heterocycles. The summed E-state index contributed by atoms with van der Waals surface area (Å²) in [5.74, 6) is 1.40. The lowest BCUT2D eigenvalue weighted by Gasteiger charge is -2.30. The van der Waals surface area contributed by atoms with Crippen LogP contribution in [0.15, 0.2) is 67.3 Å². The van der Waals surface area contributed by atoms with Crippen LogP contribution < -0.4 is 9.47 Å². The summed E-state index contributed by atoms with van der Waals surface area (Å²) < 4.78 is 11.1. The Kier molecular flexibility index (Phi) is 4.43. The van der Waals surface area contributed by atoms with Gasteiger partial charge in [0.1, 0.15) is 11.5 Å². The number of aliphatic hydroxyl groups excluding tert-OH is 1. The van der Waals surface area contributed by atoms with Gasteiger partial charge in [0, 0.05) is 5.56 Å². The number of hydrogen-bond donors (Lipinski definition) is 1. The molecule has 3 heteroatoms. The van der Waals surface area contributed by atoms with Crippen molar-refractivity contribution < 1.29 is 14.6 Å². The Hall–Kier alpha value is -2.26. The van der Waals surface area contributed by atoms with E-state index in [4.69, 9.17) is 9.47 Å². The lowest BCUT2D eigenvalue weighted by Crippen LogP contribution is -2.34. The van der Waals surface area contributed by atoms with Gasteiger partial charge >= 0.3 is 0 Å². The largest absolute Gasteiger partial charge is 0.497 e. The fraction of sp³-hybridized carbons (Fsp3) is 0.176. The Balaban J connectivity index is 2.31. The van der Waals surface area contributed by atoms with Gasteiger partial charge in [-0.3, -0.25) is 0 Å². The Morgan fingerprint density at radius 1 is 1.05 bits per heavy atom. The highest BCUT2D eigenvalue weighted by atomic mass is 16.5. The first kappa shape index (κ1) is 14.2. The molecule has 0 bridgehead atoms. The van der Waals surface area contributed by atoms with Crippen LogP contribution in [0.25, 0.3) is 0 Å². The molecular weight excluding hydrogens is 252 g/mol. The number of aliphatic hydroxyl groups is 1. The maximum absolute atomic E-state index is 9.77. The lowest BCUT2D eigenvalue weighted by atomic mass is 9.94. The third-order valence-electron chi connectivity index (χ3n) is 3.19. The Morgan fingerprint density at radius 3 is 2.15 bits per heavy atom. The number of ether oxygens (including phenoxy) is 2. The fourth-order valence-electron chi connectivity index (χ4n) is 1.98. The summed E-state index contributed by atoms with van der Waals surface area (Å²) >= 11 is 0. The molecule has 2 rings (SSSR count). The van der Waals surface area contributed by atoms with Gasteiger partial charge in [-0.25, -0.2) is 0 Å². The summed E-state index contributed by atoms with van der Waals surface area (Å²) in [7, 11) is 1.61. The number of benzene rings is 2. The normalized spacial score (nSPS) is 13.3. The molecule has 0 spiro atoms. The monoisotopic (exact) mass is 270 g/mol. The van der Waals surface area contributed by atoms with Gasteiger partial charge in [0.15, 0.2) is 5.60 Å². The van der Waals surface area contributed by atoms with Crippen molar-refractivity contribution in [2.45, 2.75) is 5.60 Å². The second kappa shape index (κ2) is 6.26. The van der Waals surface area contributed by atoms with E-state index >= 15 is 0 Å². The second-order valence-corrected chi connectivity index (χ2v) is 4.40. The zero-order valence-corrected chi connectivity index (χ0v) is 11.5. The average Bonchev–Trinajstić information content (AvgIpc) is 2.54. The van der Waals surface area contributed by atoms with Crippen LogP contribution in [0.2, 0.25) is 0 Å². The van der Waals surface area contributed by atoms with E-state index in [0.717, 1.165) is 11.3 Å². The van der Waals surface area contributed by atoms with Crippen molar-refractivity contribution in [1.82, 2.24) is 0 Å². The highest BCUT2D eigenvalue weighted by Gasteiger charge is 2.30. The molecule has 0 aliphatic rings. The highest BCUT2D eigenvalue weighted by molar-refractivity contribution is 5.35. The van der Waals surface area contributed by atoms with Gasteiger partial charge in [0.2, 0.25) is 0 Å². The molecule has 0 amide bonds. The van der Waals surface area contributed by atoms with Gasteiger partial charge in [-0.2, -0.15) is 0 Å². The van der Waals surface area contributed by atoms with E-state index in [0.29, 0.717) is 5.75 Å². The van der Waals surface area contributed by atoms with Crippen LogP contribution >= 0.6 is 0 Å². The summed E-state index contributed by atoms with van der Waals surface area (Å²) in [6.07, 6.45) is 1.62. The molecule has 0 aliphatic heterocycles. The minimum atomic E-state index is -0.949. The standard InChI is InChI=1S/C17H18O3/c1-3-17(13-18,14-7-5-4-6-8-14)20-16-11-9-15(19-2)10-12-16/h3-12,18H,1,13H2,2H3/t17-/m1/s1. The number of rotatable bonds is 6. The zero-order valence-electron chi connectivity index (χ0n) is 11.5. The van der Waals surface area contributed by atoms with Crippen molar-refractivity contribution in [3.05, 3.63) is 72.8 Å². The van der Waals surface area contributed by atoms with Crippen LogP contribution in [0.1, 0.15) is 5.56 Å². The van der Waals surface area contributed by atoms with Gasteiger partial charge in [-0.15, -0.1) is 0 Å². The summed E-state index contributed by atoms with van der Waals surface area (Å²) in [6, 6.07) is 16.8. The summed E-state index contributed by atoms with van der Waals surface area (Å²) in [5.41, 5.74) is -0.0936. The average molecular weight is 270 g/mol. The number of methoxy groups -OCH3 is 1. The van der Waals surface area contributed by atoms with Crippen molar-refractivity contribution in [3.63, 3.8) is 0 Å². The Labute approximate surface area is 119 Å². The van der Waals surface area contributed by atoms with E-state index in [2.05, 4.69) is 6.58 Å². The van der Waals surface area contributed by atoms with Crippen LogP contribution in [0.4, 0.5) is 0 Å². The van der Waals surface area contributed by atoms with Gasteiger partial charge in [0.25, 0.3) is 0 Å². The Morgan fingerprint density at radius 2 is 1.65 bits per heavy atom. The van der Waals surface area contributed by atoms with E-state index in [1.165, 1.54) is 0 Å². The molecule has 2 aromatic carbocycles. The smallest absolute Gasteiger partial charge is 0.175 e. The topological polar surface area (TPSA) is 38.7 Å². The van der Waals surface area contributed by atoms with Crippen molar-refractivity contribution in [2.75, 3.05) is 13.7 Å². The predicted octanol–water partition coefficient (Wildman–Crippen LogP) is 3.15. The molecule has 0 heterocycles. The SMILES string of the molecule is C=C[C@](CO)(Oc1ccc(OC)cc1)c1ccccc1. The van der Waals surface area contributed by atoms with Crippen molar-refractivity contribution in [3.8, 4) is 11.5 Å². The van der Waals surface area contributed by atoms with Crippen molar-refractivity contribution >= 4 is 0 Å². The molecule has 0 radical (unpaired) electrons. The summed E-state index contributed by atoms with van der Waals surface area (Å²) in [6.45, 7) is 3.61. The molecule has 0 unspecified atom stereocenters. The molecule has 0 saturated carbocycles. The third-order valence-corrected chi connectivity index (χ3v) is 3.19. The van der Waals surface area contributed by atoms with E-state index in [1.807, 2.05) is 42.5 Å². The Bertz CT molecular complexity index is 548. The molecular formula is C17H18O3. The fourth-order valence-corrected chi connectivity index (χ4v) is 1.98. The van der Waals surface area contributed by atoms with Gasteiger partial charge < -0.3 is 14.6 Å². The van der Waals surface area contributed by atoms with Crippen LogP contribution in [0, 0.1) is 0 Å². The van der Waals surface area contributed by atoms with Crippen LogP contribution in [0.3, 0.4) is 0 Å². The first-order chi connectivity index (χ1) is 9.74. The van der Waals surface area contributed by atoms with Crippen LogP contribution in [-0.2, 0) is 5.60 Å². The molecule has 2 aromatic rings. The first-order valence-electron chi connectivity index (χ1n) is 6.37. The third kappa shape index (κ3) is 2.83. The van der Waals surface area contributed by atoms with Gasteiger partial charge in [-0.05, 0) is 30.3 Å². The molecule has 1 atom stereocenters. The molecule has 0 aromatic heterocycles. The minimum absolute atomic E-state index is 0.188. The summed E-state index contributed by atoms with van der Waals surface area (Å²) in [5, 5.41) is 9.77. The van der Waals surface area contributed by atoms with Crippen molar-refractivity contribution in [1.29, 1.82) is 0 Å². The molecule has 1 N–H and O–H groups in total. The lowest BCUT2D eigenvalue weighted by molar-refractivity contribution is 0.0478. The molecule has 0 fully saturated rings. The van der Waals surface area contributed by atoms with E-state index < -0.39 is 5.60 Å². The minimum Gasteiger partial charge on any atom is -0.497 e. The molecule has 20 heavy (non-hydrogen) atoms. The molecule has 0 aliphatic carbocycles. The van der Waals surface area contributed by atoms with Crippen LogP contribution in [-0.4, -0.2) is 18.8 Å². The first-order valence-corrected chi connectivity index (χ1v) is 6.37. The van der Waals surface area contributed by atoms with E-state index in [1.54, 1.807) is 25.3 Å². The highest BCUT2D eigenvalue weighted by Crippen LogP contribution is 2.30. The van der Waals surface area contributed by atoms with Gasteiger partial charge in [0.05, 0.1) is 13.7 Å². The molecule has 104 valence electrons. The zero-order chi connectivity index (χ0) is 14.4. The van der Waals surface area contributed by atoms with Gasteiger partial charge in [-0.1, -0.05) is 36.9 Å². The van der Waals surface area contributed by atoms with E-state index in [9.17, 15) is 5.11 Å². The maximum Gasteiger partial charge on any atom is 0.175 e. The van der Waals surface area contributed by atoms with Crippen molar-refractivity contribution in [2.24, 2.45) is 0 Å². The molecule has 3 nitrogen and oxygen atoms in total. The predicted molar refractivity (Wildman–Crippen MR) is 79.0 cm³/mol. The van der Waals surface area contributed by atoms with Crippen LogP contribution in [0.5, 0.6) is 11.5 Å². The quantitative estimate of drug-likeness (QED) is 0.819. The number of hydrogen-bond acceptors (Lipinski definition) is 3. The summed E-state index contributed by atoms with van der Waals surface area (Å²) in [4.78, 5) is 0.